The molecule has 2 atom stereocenters. The molecule has 0 fully saturated rings. The number of carboxylic acid groups (broad SMARTS) is 1. The fourth-order valence-corrected chi connectivity index (χ4v) is 1.54. The first-order valence-electron chi connectivity index (χ1n) is 6.65. The number of ether oxygens (including phenoxy) is 1. The van der Waals surface area contributed by atoms with Crippen LogP contribution in [0.1, 0.15) is 27.2 Å². The lowest BCUT2D eigenvalue weighted by atomic mass is 10.1. The quantitative estimate of drug-likeness (QED) is 0.648. The lowest BCUT2D eigenvalue weighted by molar-refractivity contribution is -0.144. The molecule has 0 aliphatic rings. The first kappa shape index (κ1) is 18.2. The summed E-state index contributed by atoms with van der Waals surface area (Å²) in [4.78, 5) is 35.0. The zero-order valence-electron chi connectivity index (χ0n) is 12.5. The van der Waals surface area contributed by atoms with Crippen molar-refractivity contribution in [1.29, 1.82) is 0 Å². The summed E-state index contributed by atoms with van der Waals surface area (Å²) in [5.74, 6) is -1.89. The van der Waals surface area contributed by atoms with Crippen LogP contribution in [0.3, 0.4) is 0 Å². The monoisotopic (exact) mass is 288 g/mol. The van der Waals surface area contributed by atoms with Gasteiger partial charge in [0.05, 0.1) is 12.5 Å². The highest BCUT2D eigenvalue weighted by Crippen LogP contribution is 2.03. The summed E-state index contributed by atoms with van der Waals surface area (Å²) >= 11 is 0. The second kappa shape index (κ2) is 9.17. The van der Waals surface area contributed by atoms with Crippen molar-refractivity contribution in [2.24, 2.45) is 11.8 Å². The van der Waals surface area contributed by atoms with Crippen LogP contribution in [0.15, 0.2) is 0 Å². The molecule has 0 aromatic carbocycles. The molecule has 0 heterocycles. The minimum absolute atomic E-state index is 0.0386. The van der Waals surface area contributed by atoms with Gasteiger partial charge in [0.25, 0.3) is 0 Å². The Kier molecular flexibility index (Phi) is 8.35. The maximum atomic E-state index is 11.7. The van der Waals surface area contributed by atoms with Gasteiger partial charge < -0.3 is 20.1 Å². The zero-order chi connectivity index (χ0) is 15.7. The molecule has 0 saturated heterocycles. The highest BCUT2D eigenvalue weighted by Gasteiger charge is 2.18. The Morgan fingerprint density at radius 2 is 1.90 bits per heavy atom. The van der Waals surface area contributed by atoms with Gasteiger partial charge >= 0.3 is 18.0 Å². The van der Waals surface area contributed by atoms with Gasteiger partial charge in [-0.2, -0.15) is 0 Å². The zero-order valence-corrected chi connectivity index (χ0v) is 12.5. The summed E-state index contributed by atoms with van der Waals surface area (Å²) in [6, 6.07) is -0.353. The number of urea groups is 1. The predicted octanol–water partition coefficient (Wildman–Crippen LogP) is 0.938. The molecule has 0 aliphatic heterocycles. The summed E-state index contributed by atoms with van der Waals surface area (Å²) in [6.07, 6.45) is 0.239. The number of aliphatic carboxylic acids is 1. The average molecular weight is 288 g/mol. The normalized spacial score (nSPS) is 13.2. The van der Waals surface area contributed by atoms with Crippen LogP contribution in [0.5, 0.6) is 0 Å². The van der Waals surface area contributed by atoms with Crippen LogP contribution in [0.25, 0.3) is 0 Å². The number of hydrogen-bond acceptors (Lipinski definition) is 4. The molecule has 7 nitrogen and oxygen atoms in total. The van der Waals surface area contributed by atoms with E-state index < -0.39 is 11.9 Å². The van der Waals surface area contributed by atoms with Gasteiger partial charge in [-0.1, -0.05) is 13.8 Å². The predicted molar refractivity (Wildman–Crippen MR) is 73.2 cm³/mol. The lowest BCUT2D eigenvalue weighted by Crippen LogP contribution is -2.42. The van der Waals surface area contributed by atoms with Crippen molar-refractivity contribution in [3.8, 4) is 0 Å². The van der Waals surface area contributed by atoms with E-state index in [-0.39, 0.29) is 30.9 Å². The van der Waals surface area contributed by atoms with E-state index >= 15 is 0 Å². The summed E-state index contributed by atoms with van der Waals surface area (Å²) < 4.78 is 4.82. The van der Waals surface area contributed by atoms with E-state index in [2.05, 4.69) is 5.32 Å². The molecule has 0 aliphatic carbocycles. The van der Waals surface area contributed by atoms with Crippen LogP contribution in [-0.4, -0.2) is 54.7 Å². The Hall–Kier alpha value is -1.79. The minimum atomic E-state index is -0.944. The molecule has 0 aromatic rings. The standard InChI is InChI=1S/C13H24N2O5/c1-5-20-11(16)6-9(2)7-14-13(19)15(4)8-10(3)12(17)18/h9-10H,5-8H2,1-4H3,(H,14,19)(H,17,18). The number of carbonyl (C=O) groups excluding carboxylic acids is 2. The number of carbonyl (C=O) groups is 3. The van der Waals surface area contributed by atoms with E-state index in [1.54, 1.807) is 6.92 Å². The molecular formula is C13H24N2O5. The SMILES string of the molecule is CCOC(=O)CC(C)CNC(=O)N(C)CC(C)C(=O)O. The molecule has 0 bridgehead atoms. The molecule has 2 N–H and O–H groups in total. The minimum Gasteiger partial charge on any atom is -0.481 e. The Bertz CT molecular complexity index is 346. The molecule has 0 aromatic heterocycles. The molecule has 0 saturated carbocycles. The van der Waals surface area contributed by atoms with Crippen molar-refractivity contribution in [1.82, 2.24) is 10.2 Å². The van der Waals surface area contributed by atoms with Gasteiger partial charge in [0, 0.05) is 26.6 Å². The number of rotatable bonds is 8. The third kappa shape index (κ3) is 7.60. The summed E-state index contributed by atoms with van der Waals surface area (Å²) in [6.45, 7) is 5.92. The molecular weight excluding hydrogens is 264 g/mol. The average Bonchev–Trinajstić information content (AvgIpc) is 2.35. The molecule has 2 unspecified atom stereocenters. The number of esters is 1. The topological polar surface area (TPSA) is 95.9 Å². The molecule has 0 spiro atoms. The third-order valence-corrected chi connectivity index (χ3v) is 2.74. The Balaban J connectivity index is 4.02. The van der Waals surface area contributed by atoms with Gasteiger partial charge in [0.1, 0.15) is 0 Å². The maximum absolute atomic E-state index is 11.7. The van der Waals surface area contributed by atoms with Gasteiger partial charge in [-0.15, -0.1) is 0 Å². The number of hydrogen-bond donors (Lipinski definition) is 2. The van der Waals surface area contributed by atoms with E-state index in [0.717, 1.165) is 0 Å². The van der Waals surface area contributed by atoms with Crippen LogP contribution < -0.4 is 5.32 Å². The fraction of sp³-hybridized carbons (Fsp3) is 0.769. The van der Waals surface area contributed by atoms with E-state index in [4.69, 9.17) is 9.84 Å². The highest BCUT2D eigenvalue weighted by atomic mass is 16.5. The van der Waals surface area contributed by atoms with Gasteiger partial charge in [0.2, 0.25) is 0 Å². The van der Waals surface area contributed by atoms with Gasteiger partial charge in [-0.3, -0.25) is 9.59 Å². The summed E-state index contributed by atoms with van der Waals surface area (Å²) in [5, 5.41) is 11.4. The number of carboxylic acids is 1. The molecule has 0 radical (unpaired) electrons. The van der Waals surface area contributed by atoms with E-state index in [0.29, 0.717) is 13.2 Å². The van der Waals surface area contributed by atoms with Crippen LogP contribution >= 0.6 is 0 Å². The van der Waals surface area contributed by atoms with Crippen molar-refractivity contribution >= 4 is 18.0 Å². The largest absolute Gasteiger partial charge is 0.481 e. The lowest BCUT2D eigenvalue weighted by Gasteiger charge is -2.21. The maximum Gasteiger partial charge on any atom is 0.317 e. The number of nitrogens with one attached hydrogen (secondary N) is 1. The van der Waals surface area contributed by atoms with Crippen molar-refractivity contribution in [3.63, 3.8) is 0 Å². The Morgan fingerprint density at radius 1 is 1.30 bits per heavy atom. The van der Waals surface area contributed by atoms with Crippen molar-refractivity contribution in [2.45, 2.75) is 27.2 Å². The van der Waals surface area contributed by atoms with E-state index in [9.17, 15) is 14.4 Å². The Morgan fingerprint density at radius 3 is 2.40 bits per heavy atom. The molecule has 2 amide bonds. The summed E-state index contributed by atoms with van der Waals surface area (Å²) in [5.41, 5.74) is 0. The van der Waals surface area contributed by atoms with Crippen LogP contribution in [0.4, 0.5) is 4.79 Å². The second-order valence-corrected chi connectivity index (χ2v) is 4.92. The molecule has 20 heavy (non-hydrogen) atoms. The highest BCUT2D eigenvalue weighted by molar-refractivity contribution is 5.75. The molecule has 0 rings (SSSR count). The van der Waals surface area contributed by atoms with Crippen molar-refractivity contribution < 1.29 is 24.2 Å². The van der Waals surface area contributed by atoms with Crippen molar-refractivity contribution in [3.05, 3.63) is 0 Å². The number of amides is 2. The molecule has 116 valence electrons. The van der Waals surface area contributed by atoms with Crippen molar-refractivity contribution in [2.75, 3.05) is 26.7 Å². The third-order valence-electron chi connectivity index (χ3n) is 2.74. The Labute approximate surface area is 119 Å². The van der Waals surface area contributed by atoms with Crippen LogP contribution in [0, 0.1) is 11.8 Å². The first-order valence-corrected chi connectivity index (χ1v) is 6.65. The van der Waals surface area contributed by atoms with Crippen LogP contribution in [-0.2, 0) is 14.3 Å². The summed E-state index contributed by atoms with van der Waals surface area (Å²) in [7, 11) is 1.53. The smallest absolute Gasteiger partial charge is 0.317 e. The van der Waals surface area contributed by atoms with Gasteiger partial charge in [-0.25, -0.2) is 4.79 Å². The fourth-order valence-electron chi connectivity index (χ4n) is 1.54. The van der Waals surface area contributed by atoms with Gasteiger partial charge in [0.15, 0.2) is 0 Å². The van der Waals surface area contributed by atoms with E-state index in [1.165, 1.54) is 18.9 Å². The van der Waals surface area contributed by atoms with E-state index in [1.807, 2.05) is 6.92 Å². The van der Waals surface area contributed by atoms with Gasteiger partial charge in [-0.05, 0) is 12.8 Å². The van der Waals surface area contributed by atoms with Crippen LogP contribution in [0.2, 0.25) is 0 Å². The first-order chi connectivity index (χ1) is 9.27. The number of nitrogens with zero attached hydrogens (tertiary/aromatic N) is 1. The second-order valence-electron chi connectivity index (χ2n) is 4.92. The molecule has 7 heteroatoms.